The lowest BCUT2D eigenvalue weighted by Gasteiger charge is -2.21. The minimum absolute atomic E-state index is 0.117. The molecule has 1 saturated carbocycles. The van der Waals surface area contributed by atoms with Crippen LogP contribution >= 0.6 is 11.3 Å². The maximum absolute atomic E-state index is 12.2. The van der Waals surface area contributed by atoms with Crippen LogP contribution in [0, 0.1) is 0 Å². The molecule has 1 aliphatic rings. The first-order chi connectivity index (χ1) is 7.24. The third-order valence-corrected chi connectivity index (χ3v) is 3.52. The van der Waals surface area contributed by atoms with E-state index in [0.29, 0.717) is 16.6 Å². The Hall–Kier alpha value is -1.03. The molecule has 2 rings (SSSR count). The zero-order valence-electron chi connectivity index (χ0n) is 8.90. The van der Waals surface area contributed by atoms with Crippen LogP contribution in [0.25, 0.3) is 0 Å². The van der Waals surface area contributed by atoms with Gasteiger partial charge >= 0.3 is 0 Å². The van der Waals surface area contributed by atoms with Crippen LogP contribution in [0.5, 0.6) is 0 Å². The van der Waals surface area contributed by atoms with E-state index >= 15 is 0 Å². The van der Waals surface area contributed by atoms with Gasteiger partial charge in [0.25, 0.3) is 5.91 Å². The van der Waals surface area contributed by atoms with E-state index < -0.39 is 0 Å². The predicted octanol–water partition coefficient (Wildman–Crippen LogP) is 2.34. The molecule has 15 heavy (non-hydrogen) atoms. The molecule has 0 bridgehead atoms. The third kappa shape index (κ3) is 2.15. The Morgan fingerprint density at radius 3 is 2.87 bits per heavy atom. The number of anilines is 1. The highest BCUT2D eigenvalue weighted by molar-refractivity contribution is 7.12. The average Bonchev–Trinajstić information content (AvgIpc) is 2.97. The highest BCUT2D eigenvalue weighted by Gasteiger charge is 2.33. The summed E-state index contributed by atoms with van der Waals surface area (Å²) in [4.78, 5) is 14.8. The maximum atomic E-state index is 12.2. The van der Waals surface area contributed by atoms with Gasteiger partial charge in [0.2, 0.25) is 0 Å². The van der Waals surface area contributed by atoms with Crippen molar-refractivity contribution in [3.8, 4) is 0 Å². The first kappa shape index (κ1) is 10.5. The summed E-state index contributed by atoms with van der Waals surface area (Å²) < 4.78 is 0. The summed E-state index contributed by atoms with van der Waals surface area (Å²) >= 11 is 1.44. The van der Waals surface area contributed by atoms with Gasteiger partial charge in [-0.25, -0.2) is 0 Å². The summed E-state index contributed by atoms with van der Waals surface area (Å²) in [7, 11) is 0. The molecular weight excluding hydrogens is 208 g/mol. The van der Waals surface area contributed by atoms with E-state index in [1.807, 2.05) is 10.3 Å². The number of carbonyl (C=O) groups is 1. The summed E-state index contributed by atoms with van der Waals surface area (Å²) in [5.74, 6) is 0.117. The Morgan fingerprint density at radius 2 is 2.40 bits per heavy atom. The molecule has 0 saturated heterocycles. The first-order valence-electron chi connectivity index (χ1n) is 5.38. The minimum Gasteiger partial charge on any atom is -0.397 e. The number of hydrogen-bond acceptors (Lipinski definition) is 3. The van der Waals surface area contributed by atoms with Gasteiger partial charge in [-0.15, -0.1) is 11.3 Å². The van der Waals surface area contributed by atoms with Crippen LogP contribution in [0.4, 0.5) is 5.69 Å². The smallest absolute Gasteiger partial charge is 0.266 e. The van der Waals surface area contributed by atoms with Crippen LogP contribution in [-0.2, 0) is 0 Å². The number of carbonyl (C=O) groups excluding carboxylic acids is 1. The fourth-order valence-electron chi connectivity index (χ4n) is 1.70. The van der Waals surface area contributed by atoms with Crippen molar-refractivity contribution < 1.29 is 4.79 Å². The Kier molecular flexibility index (Phi) is 2.95. The zero-order valence-corrected chi connectivity index (χ0v) is 9.72. The summed E-state index contributed by atoms with van der Waals surface area (Å²) in [6, 6.07) is 2.27. The van der Waals surface area contributed by atoms with Gasteiger partial charge in [-0.05, 0) is 30.7 Å². The van der Waals surface area contributed by atoms with E-state index in [2.05, 4.69) is 6.92 Å². The predicted molar refractivity (Wildman–Crippen MR) is 63.1 cm³/mol. The van der Waals surface area contributed by atoms with E-state index in [-0.39, 0.29) is 5.91 Å². The second-order valence-electron chi connectivity index (χ2n) is 3.93. The molecule has 2 N–H and O–H groups in total. The normalized spacial score (nSPS) is 15.3. The molecule has 1 aromatic rings. The quantitative estimate of drug-likeness (QED) is 0.853. The molecule has 1 fully saturated rings. The van der Waals surface area contributed by atoms with E-state index in [4.69, 9.17) is 5.73 Å². The molecule has 0 aliphatic heterocycles. The lowest BCUT2D eigenvalue weighted by Crippen LogP contribution is -2.33. The average molecular weight is 224 g/mol. The van der Waals surface area contributed by atoms with Crippen molar-refractivity contribution in [1.29, 1.82) is 0 Å². The van der Waals surface area contributed by atoms with E-state index in [0.717, 1.165) is 25.8 Å². The van der Waals surface area contributed by atoms with Crippen LogP contribution in [0.3, 0.4) is 0 Å². The number of rotatable bonds is 4. The van der Waals surface area contributed by atoms with Gasteiger partial charge in [0.05, 0.1) is 5.69 Å². The van der Waals surface area contributed by atoms with Crippen LogP contribution in [-0.4, -0.2) is 23.4 Å². The lowest BCUT2D eigenvalue weighted by atomic mass is 10.3. The van der Waals surface area contributed by atoms with Crippen LogP contribution in [0.15, 0.2) is 11.4 Å². The monoisotopic (exact) mass is 224 g/mol. The standard InChI is InChI=1S/C11H16N2OS/c1-2-6-13(8-3-4-8)11(14)10-9(12)5-7-15-10/h5,7-8H,2-4,6,12H2,1H3. The summed E-state index contributed by atoms with van der Waals surface area (Å²) in [6.45, 7) is 2.95. The molecule has 0 aromatic carbocycles. The molecule has 0 unspecified atom stereocenters. The maximum Gasteiger partial charge on any atom is 0.266 e. The minimum atomic E-state index is 0.117. The third-order valence-electron chi connectivity index (χ3n) is 2.60. The molecule has 1 aliphatic carbocycles. The van der Waals surface area contributed by atoms with Crippen molar-refractivity contribution in [2.45, 2.75) is 32.2 Å². The number of amides is 1. The van der Waals surface area contributed by atoms with Crippen molar-refractivity contribution in [3.63, 3.8) is 0 Å². The number of nitrogen functional groups attached to an aromatic ring is 1. The fourth-order valence-corrected chi connectivity index (χ4v) is 2.47. The van der Waals surface area contributed by atoms with Crippen molar-refractivity contribution in [1.82, 2.24) is 4.90 Å². The largest absolute Gasteiger partial charge is 0.397 e. The Balaban J connectivity index is 2.14. The van der Waals surface area contributed by atoms with E-state index in [1.165, 1.54) is 11.3 Å². The molecule has 3 nitrogen and oxygen atoms in total. The first-order valence-corrected chi connectivity index (χ1v) is 6.26. The zero-order chi connectivity index (χ0) is 10.8. The lowest BCUT2D eigenvalue weighted by molar-refractivity contribution is 0.0749. The molecule has 4 heteroatoms. The van der Waals surface area contributed by atoms with Gasteiger partial charge in [-0.2, -0.15) is 0 Å². The summed E-state index contributed by atoms with van der Waals surface area (Å²) in [6.07, 6.45) is 3.31. The second kappa shape index (κ2) is 4.23. The van der Waals surface area contributed by atoms with Gasteiger partial charge in [0.15, 0.2) is 0 Å². The van der Waals surface area contributed by atoms with Gasteiger partial charge in [-0.3, -0.25) is 4.79 Å². The van der Waals surface area contributed by atoms with Gasteiger partial charge in [0.1, 0.15) is 4.88 Å². The number of thiophene rings is 1. The Morgan fingerprint density at radius 1 is 1.67 bits per heavy atom. The Bertz CT molecular complexity index is 357. The number of nitrogens with two attached hydrogens (primary N) is 1. The molecule has 0 radical (unpaired) electrons. The van der Waals surface area contributed by atoms with Crippen molar-refractivity contribution in [2.24, 2.45) is 0 Å². The number of hydrogen-bond donors (Lipinski definition) is 1. The van der Waals surface area contributed by atoms with Crippen molar-refractivity contribution in [3.05, 3.63) is 16.3 Å². The molecule has 1 heterocycles. The van der Waals surface area contributed by atoms with Gasteiger partial charge in [0, 0.05) is 12.6 Å². The van der Waals surface area contributed by atoms with Gasteiger partial charge < -0.3 is 10.6 Å². The van der Waals surface area contributed by atoms with Crippen molar-refractivity contribution >= 4 is 22.9 Å². The Labute approximate surface area is 93.9 Å². The molecular formula is C11H16N2OS. The SMILES string of the molecule is CCCN(C(=O)c1sccc1N)C1CC1. The summed E-state index contributed by atoms with van der Waals surface area (Å²) in [5, 5.41) is 1.87. The van der Waals surface area contributed by atoms with Crippen molar-refractivity contribution in [2.75, 3.05) is 12.3 Å². The topological polar surface area (TPSA) is 46.3 Å². The highest BCUT2D eigenvalue weighted by atomic mass is 32.1. The molecule has 1 amide bonds. The molecule has 0 atom stereocenters. The van der Waals surface area contributed by atoms with Crippen LogP contribution < -0.4 is 5.73 Å². The van der Waals surface area contributed by atoms with Crippen LogP contribution in [0.2, 0.25) is 0 Å². The fraction of sp³-hybridized carbons (Fsp3) is 0.545. The summed E-state index contributed by atoms with van der Waals surface area (Å²) in [5.41, 5.74) is 6.38. The van der Waals surface area contributed by atoms with Crippen LogP contribution in [0.1, 0.15) is 35.9 Å². The van der Waals surface area contributed by atoms with Gasteiger partial charge in [-0.1, -0.05) is 6.92 Å². The number of nitrogens with zero attached hydrogens (tertiary/aromatic N) is 1. The molecule has 82 valence electrons. The second-order valence-corrected chi connectivity index (χ2v) is 4.85. The highest BCUT2D eigenvalue weighted by Crippen LogP contribution is 2.30. The molecule has 1 aromatic heterocycles. The van der Waals surface area contributed by atoms with E-state index in [9.17, 15) is 4.79 Å². The molecule has 0 spiro atoms. The van der Waals surface area contributed by atoms with E-state index in [1.54, 1.807) is 6.07 Å².